The number of carbonyl (C=O) groups is 1. The molecule has 1 aliphatic rings. The molecule has 0 aromatic rings. The van der Waals surface area contributed by atoms with Crippen LogP contribution in [0.2, 0.25) is 0 Å². The van der Waals surface area contributed by atoms with Crippen molar-refractivity contribution in [1.82, 2.24) is 0 Å². The first-order valence-corrected chi connectivity index (χ1v) is 10.4. The van der Waals surface area contributed by atoms with Crippen LogP contribution in [0.1, 0.15) is 19.8 Å². The number of hydrogen-bond acceptors (Lipinski definition) is 1. The van der Waals surface area contributed by atoms with E-state index in [9.17, 15) is 4.79 Å². The molecule has 1 fully saturated rings. The highest BCUT2D eigenvalue weighted by atomic mass is 32.6. The second-order valence-electron chi connectivity index (χ2n) is 2.90. The predicted octanol–water partition coefficient (Wildman–Crippen LogP) is 3.01. The molecule has 0 radical (unpaired) electrons. The van der Waals surface area contributed by atoms with Crippen molar-refractivity contribution in [1.29, 1.82) is 0 Å². The maximum absolute atomic E-state index is 11.2. The molecule has 0 N–H and O–H groups in total. The van der Waals surface area contributed by atoms with Crippen LogP contribution in [0.4, 0.5) is 0 Å². The first kappa shape index (κ1) is 10.5. The lowest BCUT2D eigenvalue weighted by Crippen LogP contribution is -2.11. The first-order valence-electron chi connectivity index (χ1n) is 3.69. The minimum Gasteiger partial charge on any atom is -0.299 e. The molecule has 0 aliphatic heterocycles. The van der Waals surface area contributed by atoms with Crippen molar-refractivity contribution >= 4 is 38.9 Å². The van der Waals surface area contributed by atoms with Gasteiger partial charge in [-0.2, -0.15) is 0 Å². The Morgan fingerprint density at radius 3 is 2.73 bits per heavy atom. The van der Waals surface area contributed by atoms with Gasteiger partial charge in [0.15, 0.2) is 0 Å². The van der Waals surface area contributed by atoms with Gasteiger partial charge in [0.1, 0.15) is 5.78 Å². The van der Waals surface area contributed by atoms with Gasteiger partial charge in [-0.05, 0) is 12.1 Å². The minimum absolute atomic E-state index is 0.0411. The Morgan fingerprint density at radius 1 is 1.73 bits per heavy atom. The Balaban J connectivity index is 2.54. The highest BCUT2D eigenvalue weighted by Crippen LogP contribution is 2.72. The molecule has 0 bridgehead atoms. The molecule has 0 heterocycles. The fraction of sp³-hybridized carbons (Fsp3) is 0.833. The van der Waals surface area contributed by atoms with Crippen LogP contribution < -0.4 is 0 Å². The molecule has 6 atom stereocenters. The molecule has 1 rings (SSSR count). The van der Waals surface area contributed by atoms with Crippen LogP contribution >= 0.6 is 33.1 Å². The van der Waals surface area contributed by atoms with Crippen molar-refractivity contribution in [3.05, 3.63) is 0 Å². The van der Waals surface area contributed by atoms with E-state index in [0.29, 0.717) is 17.4 Å². The first-order chi connectivity index (χ1) is 5.16. The van der Waals surface area contributed by atoms with Gasteiger partial charge in [-0.15, -0.1) is 17.9 Å². The van der Waals surface area contributed by atoms with Gasteiger partial charge < -0.3 is 0 Å². The van der Waals surface area contributed by atoms with E-state index in [-0.39, 0.29) is 7.30 Å². The van der Waals surface area contributed by atoms with Gasteiger partial charge in [0.05, 0.1) is 0 Å². The molecule has 1 aliphatic carbocycles. The molecule has 4 unspecified atom stereocenters. The molecule has 1 saturated carbocycles. The standard InChI is InChI=1S/C6H14OP4/c1-4-5(7)2-3-6(4)11(9)10-8/h4,6,10H,2-3,8-9H2,1H3/t4-,6+,11?/m0/s1. The van der Waals surface area contributed by atoms with E-state index >= 15 is 0 Å². The van der Waals surface area contributed by atoms with E-state index < -0.39 is 0 Å². The Morgan fingerprint density at radius 2 is 2.36 bits per heavy atom. The third-order valence-electron chi connectivity index (χ3n) is 2.28. The van der Waals surface area contributed by atoms with E-state index in [1.54, 1.807) is 0 Å². The van der Waals surface area contributed by atoms with Crippen molar-refractivity contribution in [2.75, 3.05) is 0 Å². The highest BCUT2D eigenvalue weighted by Gasteiger charge is 2.33. The SMILES string of the molecule is C[C@H]1C(=O)CC[C@H]1P(P)PP. The molecular weight excluding hydrogens is 212 g/mol. The summed E-state index contributed by atoms with van der Waals surface area (Å²) in [6.07, 6.45) is 1.96. The summed E-state index contributed by atoms with van der Waals surface area (Å²) in [5.74, 6) is 0.819. The topological polar surface area (TPSA) is 17.1 Å². The largest absolute Gasteiger partial charge is 0.299 e. The minimum atomic E-state index is 0.0411. The lowest BCUT2D eigenvalue weighted by Gasteiger charge is -2.20. The maximum Gasteiger partial charge on any atom is 0.136 e. The summed E-state index contributed by atoms with van der Waals surface area (Å²) in [5, 5.41) is 0. The van der Waals surface area contributed by atoms with E-state index in [4.69, 9.17) is 0 Å². The second-order valence-corrected chi connectivity index (χ2v) is 12.5. The maximum atomic E-state index is 11.2. The van der Waals surface area contributed by atoms with Crippen molar-refractivity contribution in [3.8, 4) is 0 Å². The van der Waals surface area contributed by atoms with Crippen molar-refractivity contribution in [2.24, 2.45) is 5.92 Å². The lowest BCUT2D eigenvalue weighted by atomic mass is 10.1. The molecule has 0 spiro atoms. The zero-order chi connectivity index (χ0) is 8.43. The van der Waals surface area contributed by atoms with Crippen LogP contribution in [0, 0.1) is 5.92 Å². The molecule has 0 amide bonds. The average molecular weight is 226 g/mol. The van der Waals surface area contributed by atoms with Crippen LogP contribution in [-0.4, -0.2) is 11.4 Å². The van der Waals surface area contributed by atoms with E-state index in [2.05, 4.69) is 24.8 Å². The van der Waals surface area contributed by atoms with Gasteiger partial charge in [-0.1, -0.05) is 22.2 Å². The van der Waals surface area contributed by atoms with E-state index in [1.165, 1.54) is 0 Å². The summed E-state index contributed by atoms with van der Waals surface area (Å²) < 4.78 is 0. The fourth-order valence-corrected chi connectivity index (χ4v) is 7.28. The van der Waals surface area contributed by atoms with Gasteiger partial charge >= 0.3 is 0 Å². The summed E-state index contributed by atoms with van der Waals surface area (Å²) in [5.41, 5.74) is 0.693. The Hall–Kier alpha value is 1.39. The summed E-state index contributed by atoms with van der Waals surface area (Å²) in [4.78, 5) is 11.2. The smallest absolute Gasteiger partial charge is 0.136 e. The Labute approximate surface area is 75.5 Å². The molecule has 0 aromatic carbocycles. The summed E-state index contributed by atoms with van der Waals surface area (Å²) in [6.45, 7) is 2.09. The number of hydrogen-bond donors (Lipinski definition) is 0. The molecule has 11 heavy (non-hydrogen) atoms. The highest BCUT2D eigenvalue weighted by molar-refractivity contribution is 8.61. The molecular formula is C6H14OP4. The number of ketones is 1. The van der Waals surface area contributed by atoms with Crippen LogP contribution in [0.3, 0.4) is 0 Å². The molecule has 1 nitrogen and oxygen atoms in total. The number of rotatable bonds is 2. The average Bonchev–Trinajstić information content (AvgIpc) is 2.32. The van der Waals surface area contributed by atoms with Crippen molar-refractivity contribution in [2.45, 2.75) is 25.4 Å². The summed E-state index contributed by atoms with van der Waals surface area (Å²) in [6, 6.07) is 0. The Bertz CT molecular complexity index is 161. The normalized spacial score (nSPS) is 35.4. The van der Waals surface area contributed by atoms with Crippen LogP contribution in [-0.2, 0) is 4.79 Å². The number of Topliss-reactive ketones (excluding diaryl/α,β-unsaturated/α-hetero) is 1. The number of carbonyl (C=O) groups excluding carboxylic acids is 1. The lowest BCUT2D eigenvalue weighted by molar-refractivity contribution is -0.120. The second kappa shape index (κ2) is 4.58. The van der Waals surface area contributed by atoms with Gasteiger partial charge in [0, 0.05) is 12.3 Å². The van der Waals surface area contributed by atoms with Gasteiger partial charge in [0.25, 0.3) is 0 Å². The molecule has 0 aromatic heterocycles. The quantitative estimate of drug-likeness (QED) is 0.661. The van der Waals surface area contributed by atoms with E-state index in [0.717, 1.165) is 20.8 Å². The van der Waals surface area contributed by atoms with Gasteiger partial charge in [-0.25, -0.2) is 0 Å². The third kappa shape index (κ3) is 2.42. The van der Waals surface area contributed by atoms with Crippen molar-refractivity contribution in [3.63, 3.8) is 0 Å². The fourth-order valence-electron chi connectivity index (χ4n) is 1.46. The molecule has 5 heteroatoms. The van der Waals surface area contributed by atoms with Gasteiger partial charge in [-0.3, -0.25) is 4.79 Å². The van der Waals surface area contributed by atoms with Crippen LogP contribution in [0.5, 0.6) is 0 Å². The summed E-state index contributed by atoms with van der Waals surface area (Å²) >= 11 is 0. The zero-order valence-corrected chi connectivity index (χ0v) is 10.8. The van der Waals surface area contributed by atoms with E-state index in [1.807, 2.05) is 0 Å². The molecule has 64 valence electrons. The summed E-state index contributed by atoms with van der Waals surface area (Å²) in [7, 11) is 6.70. The zero-order valence-electron chi connectivity index (χ0n) is 6.58. The van der Waals surface area contributed by atoms with Crippen molar-refractivity contribution < 1.29 is 4.79 Å². The van der Waals surface area contributed by atoms with Crippen LogP contribution in [0.15, 0.2) is 0 Å². The van der Waals surface area contributed by atoms with Crippen LogP contribution in [0.25, 0.3) is 0 Å². The third-order valence-corrected chi connectivity index (χ3v) is 13.7. The predicted molar refractivity (Wildman–Crippen MR) is 61.8 cm³/mol. The molecule has 0 saturated heterocycles. The Kier molecular flexibility index (Phi) is 4.36. The van der Waals surface area contributed by atoms with Gasteiger partial charge in [0.2, 0.25) is 0 Å². The monoisotopic (exact) mass is 226 g/mol.